The molecule has 2 fully saturated rings. The summed E-state index contributed by atoms with van der Waals surface area (Å²) in [6.07, 6.45) is 3.33. The molecule has 1 aromatic heterocycles. The van der Waals surface area contributed by atoms with Crippen molar-refractivity contribution in [2.75, 3.05) is 37.6 Å². The lowest BCUT2D eigenvalue weighted by Crippen LogP contribution is -2.41. The van der Waals surface area contributed by atoms with Gasteiger partial charge in [0.2, 0.25) is 5.91 Å². The van der Waals surface area contributed by atoms with Gasteiger partial charge >= 0.3 is 12.2 Å². The molecule has 0 saturated carbocycles. The number of carbonyl (C=O) groups excluding carboxylic acids is 4. The molecule has 3 amide bonds. The molecule has 2 saturated heterocycles. The maximum atomic E-state index is 12.5. The predicted molar refractivity (Wildman–Crippen MR) is 91.4 cm³/mol. The topological polar surface area (TPSA) is 90.9 Å². The van der Waals surface area contributed by atoms with E-state index in [-0.39, 0.29) is 24.6 Å². The molecule has 9 heteroatoms. The molecule has 3 heterocycles. The first-order valence-corrected chi connectivity index (χ1v) is 9.13. The smallest absolute Gasteiger partial charge is 0.341 e. The maximum absolute atomic E-state index is 12.5. The monoisotopic (exact) mass is 366 g/mol. The van der Waals surface area contributed by atoms with Crippen LogP contribution in [0.2, 0.25) is 0 Å². The van der Waals surface area contributed by atoms with Crippen LogP contribution in [0.15, 0.2) is 0 Å². The third kappa shape index (κ3) is 4.43. The largest absolute Gasteiger partial charge is 0.373 e. The zero-order valence-electron chi connectivity index (χ0n) is 14.5. The average molecular weight is 366 g/mol. The van der Waals surface area contributed by atoms with Gasteiger partial charge in [-0.05, 0) is 26.2 Å². The fourth-order valence-corrected chi connectivity index (χ4v) is 4.01. The van der Waals surface area contributed by atoms with Gasteiger partial charge in [-0.15, -0.1) is 11.3 Å². The highest BCUT2D eigenvalue weighted by atomic mass is 32.1. The van der Waals surface area contributed by atoms with Crippen molar-refractivity contribution in [1.82, 2.24) is 14.8 Å². The van der Waals surface area contributed by atoms with Crippen molar-refractivity contribution in [3.8, 4) is 0 Å². The summed E-state index contributed by atoms with van der Waals surface area (Å²) in [6, 6.07) is -0.0936. The van der Waals surface area contributed by atoms with Crippen LogP contribution in [0.3, 0.4) is 0 Å². The van der Waals surface area contributed by atoms with Crippen LogP contribution in [-0.2, 0) is 20.8 Å². The van der Waals surface area contributed by atoms with Gasteiger partial charge in [0.1, 0.15) is 6.54 Å². The van der Waals surface area contributed by atoms with Gasteiger partial charge in [-0.2, -0.15) is 9.59 Å². The van der Waals surface area contributed by atoms with Crippen LogP contribution in [-0.4, -0.2) is 65.6 Å². The summed E-state index contributed by atoms with van der Waals surface area (Å²) in [5.74, 6) is 0.0669. The lowest BCUT2D eigenvalue weighted by molar-refractivity contribution is -0.191. The molecule has 136 valence electrons. The van der Waals surface area contributed by atoms with Crippen molar-refractivity contribution < 1.29 is 19.2 Å². The van der Waals surface area contributed by atoms with Crippen LogP contribution in [0, 0.1) is 6.92 Å². The molecule has 0 atom stereocenters. The first-order valence-electron chi connectivity index (χ1n) is 8.31. The minimum Gasteiger partial charge on any atom is -0.341 e. The van der Waals surface area contributed by atoms with Crippen LogP contribution in [0.5, 0.6) is 0 Å². The first kappa shape index (κ1) is 19.1. The van der Waals surface area contributed by atoms with Gasteiger partial charge in [0, 0.05) is 31.1 Å². The lowest BCUT2D eigenvalue weighted by Gasteiger charge is -2.20. The predicted octanol–water partition coefficient (Wildman–Crippen LogP) is 1.29. The number of nitrogens with zero attached hydrogens (tertiary/aromatic N) is 4. The number of aromatic nitrogens is 1. The molecular formula is C16H22N4O4S. The number of urea groups is 1. The van der Waals surface area contributed by atoms with Crippen LogP contribution < -0.4 is 4.90 Å². The van der Waals surface area contributed by atoms with E-state index in [1.165, 1.54) is 4.88 Å². The number of carbonyl (C=O) groups is 2. The van der Waals surface area contributed by atoms with Gasteiger partial charge in [-0.25, -0.2) is 9.78 Å². The Kier molecular flexibility index (Phi) is 6.66. The Morgan fingerprint density at radius 1 is 1.20 bits per heavy atom. The minimum atomic E-state index is -0.0936. The Morgan fingerprint density at radius 2 is 1.84 bits per heavy atom. The highest BCUT2D eigenvalue weighted by molar-refractivity contribution is 7.15. The van der Waals surface area contributed by atoms with E-state index < -0.39 is 0 Å². The molecule has 8 nitrogen and oxygen atoms in total. The Bertz CT molecular complexity index is 663. The second-order valence-electron chi connectivity index (χ2n) is 5.89. The van der Waals surface area contributed by atoms with Gasteiger partial charge in [-0.3, -0.25) is 9.69 Å². The highest BCUT2D eigenvalue weighted by Gasteiger charge is 2.34. The summed E-state index contributed by atoms with van der Waals surface area (Å²) in [5.41, 5.74) is 1.00. The summed E-state index contributed by atoms with van der Waals surface area (Å²) in [4.78, 5) is 51.9. The third-order valence-electron chi connectivity index (χ3n) is 4.31. The van der Waals surface area contributed by atoms with Crippen LogP contribution in [0.25, 0.3) is 0 Å². The highest BCUT2D eigenvalue weighted by Crippen LogP contribution is 2.29. The van der Waals surface area contributed by atoms with E-state index >= 15 is 0 Å². The molecule has 0 spiro atoms. The number of likely N-dealkylation sites (tertiary alicyclic amines) is 1. The van der Waals surface area contributed by atoms with E-state index in [2.05, 4.69) is 11.9 Å². The standard InChI is InChI=1S/C15H22N4O2S.CO2/c1-3-12-11(2)16-14(22-12)19-9-8-18(15(19)21)10-13(20)17-6-4-5-7-17;2-1-3/h3-10H2,1-2H3;. The fraction of sp³-hybridized carbons (Fsp3) is 0.625. The number of anilines is 1. The van der Waals surface area contributed by atoms with Crippen molar-refractivity contribution in [2.24, 2.45) is 0 Å². The number of hydrogen-bond acceptors (Lipinski definition) is 6. The van der Waals surface area contributed by atoms with E-state index in [9.17, 15) is 9.59 Å². The maximum Gasteiger partial charge on any atom is 0.373 e. The quantitative estimate of drug-likeness (QED) is 0.801. The van der Waals surface area contributed by atoms with E-state index in [0.29, 0.717) is 13.1 Å². The Balaban J connectivity index is 0.000000701. The zero-order valence-corrected chi connectivity index (χ0v) is 15.3. The van der Waals surface area contributed by atoms with Gasteiger partial charge in [0.25, 0.3) is 0 Å². The Morgan fingerprint density at radius 3 is 2.40 bits per heavy atom. The number of amides is 3. The summed E-state index contributed by atoms with van der Waals surface area (Å²) in [5, 5.41) is 0.760. The van der Waals surface area contributed by atoms with Gasteiger partial charge < -0.3 is 9.80 Å². The number of aryl methyl sites for hydroxylation is 2. The summed E-state index contributed by atoms with van der Waals surface area (Å²) in [6.45, 7) is 7.14. The summed E-state index contributed by atoms with van der Waals surface area (Å²) >= 11 is 1.58. The van der Waals surface area contributed by atoms with Gasteiger partial charge in [0.15, 0.2) is 5.13 Å². The molecule has 0 aliphatic carbocycles. The van der Waals surface area contributed by atoms with E-state index in [1.54, 1.807) is 21.1 Å². The summed E-state index contributed by atoms with van der Waals surface area (Å²) < 4.78 is 0. The van der Waals surface area contributed by atoms with Crippen molar-refractivity contribution in [2.45, 2.75) is 33.1 Å². The Labute approximate surface area is 150 Å². The molecule has 25 heavy (non-hydrogen) atoms. The van der Waals surface area contributed by atoms with Crippen molar-refractivity contribution in [3.05, 3.63) is 10.6 Å². The average Bonchev–Trinajstić information content (AvgIpc) is 3.30. The molecule has 3 rings (SSSR count). The molecule has 0 N–H and O–H groups in total. The SMILES string of the molecule is CCc1sc(N2CCN(CC(=O)N3CCCC3)C2=O)nc1C.O=C=O. The van der Waals surface area contributed by atoms with Gasteiger partial charge in [0.05, 0.1) is 5.69 Å². The molecule has 0 bridgehead atoms. The molecular weight excluding hydrogens is 344 g/mol. The number of hydrogen-bond donors (Lipinski definition) is 0. The first-order chi connectivity index (χ1) is 12.0. The molecule has 0 radical (unpaired) electrons. The second-order valence-corrected chi connectivity index (χ2v) is 6.95. The van der Waals surface area contributed by atoms with Crippen molar-refractivity contribution in [1.29, 1.82) is 0 Å². The van der Waals surface area contributed by atoms with Crippen LogP contribution in [0.1, 0.15) is 30.3 Å². The molecule has 1 aromatic rings. The van der Waals surface area contributed by atoms with E-state index in [0.717, 1.165) is 43.2 Å². The lowest BCUT2D eigenvalue weighted by atomic mass is 10.3. The van der Waals surface area contributed by atoms with Gasteiger partial charge in [-0.1, -0.05) is 6.92 Å². The van der Waals surface area contributed by atoms with E-state index in [1.807, 2.05) is 11.8 Å². The van der Waals surface area contributed by atoms with Crippen molar-refractivity contribution >= 4 is 34.6 Å². The Hall–Kier alpha value is -2.25. The fourth-order valence-electron chi connectivity index (χ4n) is 2.99. The number of rotatable bonds is 4. The summed E-state index contributed by atoms with van der Waals surface area (Å²) in [7, 11) is 0. The third-order valence-corrected chi connectivity index (χ3v) is 5.64. The van der Waals surface area contributed by atoms with Crippen LogP contribution in [0.4, 0.5) is 9.93 Å². The normalized spacial score (nSPS) is 16.7. The second kappa shape index (κ2) is 8.73. The minimum absolute atomic E-state index is 0.0669. The molecule has 0 unspecified atom stereocenters. The molecule has 2 aliphatic rings. The van der Waals surface area contributed by atoms with Crippen molar-refractivity contribution in [3.63, 3.8) is 0 Å². The molecule has 0 aromatic carbocycles. The van der Waals surface area contributed by atoms with E-state index in [4.69, 9.17) is 9.59 Å². The molecule has 2 aliphatic heterocycles. The number of thiazole rings is 1. The zero-order chi connectivity index (χ0) is 18.4. The van der Waals surface area contributed by atoms with Crippen LogP contribution >= 0.6 is 11.3 Å².